The summed E-state index contributed by atoms with van der Waals surface area (Å²) in [6.45, 7) is 0.824. The number of carboxylic acid groups (broad SMARTS) is 1. The first kappa shape index (κ1) is 18.5. The Morgan fingerprint density at radius 1 is 1.38 bits per heavy atom. The van der Waals surface area contributed by atoms with Crippen molar-refractivity contribution in [2.45, 2.75) is 23.9 Å². The van der Waals surface area contributed by atoms with Crippen LogP contribution in [0.15, 0.2) is 23.1 Å². The molecule has 1 heterocycles. The number of nitrogens with zero attached hydrogens (tertiary/aromatic N) is 1. The Bertz CT molecular complexity index is 904. The maximum Gasteiger partial charge on any atom is 0.446 e. The van der Waals surface area contributed by atoms with Gasteiger partial charge in [-0.25, -0.2) is 8.42 Å². The summed E-state index contributed by atoms with van der Waals surface area (Å²) < 4.78 is 65.0. The molecular formula is C13H13F3N2O4S2. The van der Waals surface area contributed by atoms with Crippen LogP contribution in [0, 0.1) is 6.92 Å². The van der Waals surface area contributed by atoms with Crippen LogP contribution in [-0.2, 0) is 21.4 Å². The van der Waals surface area contributed by atoms with E-state index in [-0.39, 0.29) is 27.2 Å². The number of halogens is 3. The highest BCUT2D eigenvalue weighted by molar-refractivity contribution is 8.00. The Morgan fingerprint density at radius 2 is 2.00 bits per heavy atom. The van der Waals surface area contributed by atoms with Crippen molar-refractivity contribution in [2.75, 3.05) is 11.0 Å². The minimum absolute atomic E-state index is 0.0176. The molecule has 2 aromatic rings. The molecule has 0 aliphatic rings. The van der Waals surface area contributed by atoms with E-state index in [1.165, 1.54) is 29.7 Å². The molecule has 0 saturated heterocycles. The Balaban J connectivity index is 2.80. The van der Waals surface area contributed by atoms with Crippen LogP contribution in [0.1, 0.15) is 5.69 Å². The van der Waals surface area contributed by atoms with Crippen LogP contribution in [0.3, 0.4) is 0 Å². The van der Waals surface area contributed by atoms with Crippen molar-refractivity contribution >= 4 is 44.3 Å². The number of carboxylic acids is 1. The third-order valence-corrected chi connectivity index (χ3v) is 4.63. The van der Waals surface area contributed by atoms with E-state index < -0.39 is 39.8 Å². The summed E-state index contributed by atoms with van der Waals surface area (Å²) in [4.78, 5) is 10.8. The summed E-state index contributed by atoms with van der Waals surface area (Å²) in [5.41, 5.74) is -4.34. The van der Waals surface area contributed by atoms with E-state index in [9.17, 15) is 26.4 Å². The first-order chi connectivity index (χ1) is 10.9. The van der Waals surface area contributed by atoms with E-state index >= 15 is 0 Å². The van der Waals surface area contributed by atoms with Crippen LogP contribution >= 0.6 is 11.8 Å². The molecule has 0 radical (unpaired) electrons. The Labute approximate surface area is 139 Å². The molecule has 132 valence electrons. The van der Waals surface area contributed by atoms with Crippen LogP contribution in [-0.4, -0.2) is 35.8 Å². The van der Waals surface area contributed by atoms with Gasteiger partial charge in [0.1, 0.15) is 6.54 Å². The molecule has 0 fully saturated rings. The molecule has 0 bridgehead atoms. The molecule has 0 amide bonds. The number of hydrogen-bond donors (Lipinski definition) is 2. The normalized spacial score (nSPS) is 12.5. The first-order valence-electron chi connectivity index (χ1n) is 6.46. The number of aromatic nitrogens is 1. The van der Waals surface area contributed by atoms with Crippen molar-refractivity contribution in [3.63, 3.8) is 0 Å². The predicted molar refractivity (Wildman–Crippen MR) is 84.7 cm³/mol. The van der Waals surface area contributed by atoms with Gasteiger partial charge in [-0.05, 0) is 30.8 Å². The van der Waals surface area contributed by atoms with Gasteiger partial charge in [0.2, 0.25) is 10.0 Å². The van der Waals surface area contributed by atoms with Gasteiger partial charge in [0.25, 0.3) is 0 Å². The first-order valence-corrected chi connectivity index (χ1v) is 9.17. The van der Waals surface area contributed by atoms with Crippen molar-refractivity contribution in [1.29, 1.82) is 0 Å². The molecular weight excluding hydrogens is 369 g/mol. The van der Waals surface area contributed by atoms with Gasteiger partial charge in [-0.1, -0.05) is 6.07 Å². The molecule has 0 saturated carbocycles. The standard InChI is InChI=1S/C13H13F3N2O4S2/c1-7-12(23-13(14,15)16)11-8(17-24(2,21)22)4-3-5-9(11)18(7)6-10(19)20/h3-5,17H,6H2,1-2H3,(H,19,20). The Morgan fingerprint density at radius 3 is 2.50 bits per heavy atom. The monoisotopic (exact) mass is 382 g/mol. The fourth-order valence-electron chi connectivity index (χ4n) is 2.35. The maximum absolute atomic E-state index is 12.9. The molecule has 0 aliphatic heterocycles. The number of hydrogen-bond acceptors (Lipinski definition) is 4. The van der Waals surface area contributed by atoms with Gasteiger partial charge in [0.15, 0.2) is 0 Å². The molecule has 0 unspecified atom stereocenters. The van der Waals surface area contributed by atoms with Gasteiger partial charge in [0, 0.05) is 16.0 Å². The second-order valence-corrected chi connectivity index (χ2v) is 7.84. The predicted octanol–water partition coefficient (Wildman–Crippen LogP) is 3.02. The largest absolute Gasteiger partial charge is 0.480 e. The SMILES string of the molecule is Cc1c(SC(F)(F)F)c2c(NS(C)(=O)=O)cccc2n1CC(=O)O. The number of carbonyl (C=O) groups is 1. The summed E-state index contributed by atoms with van der Waals surface area (Å²) in [6, 6.07) is 4.21. The fraction of sp³-hybridized carbons (Fsp3) is 0.308. The summed E-state index contributed by atoms with van der Waals surface area (Å²) >= 11 is -0.404. The molecule has 6 nitrogen and oxygen atoms in total. The van der Waals surface area contributed by atoms with E-state index in [0.29, 0.717) is 0 Å². The Kier molecular flexibility index (Phi) is 4.77. The lowest BCUT2D eigenvalue weighted by Gasteiger charge is -2.09. The van der Waals surface area contributed by atoms with E-state index in [1.807, 2.05) is 0 Å². The average Bonchev–Trinajstić information content (AvgIpc) is 2.61. The summed E-state index contributed by atoms with van der Waals surface area (Å²) in [5, 5.41) is 9.00. The molecule has 11 heteroatoms. The number of nitrogens with one attached hydrogen (secondary N) is 1. The number of sulfonamides is 1. The van der Waals surface area contributed by atoms with E-state index in [0.717, 1.165) is 6.26 Å². The van der Waals surface area contributed by atoms with Crippen molar-refractivity contribution in [3.05, 3.63) is 23.9 Å². The van der Waals surface area contributed by atoms with Crippen molar-refractivity contribution in [2.24, 2.45) is 0 Å². The van der Waals surface area contributed by atoms with Crippen LogP contribution in [0.25, 0.3) is 10.9 Å². The second-order valence-electron chi connectivity index (χ2n) is 5.02. The number of alkyl halides is 3. The number of aliphatic carboxylic acids is 1. The summed E-state index contributed by atoms with van der Waals surface area (Å²) in [5.74, 6) is -1.22. The minimum atomic E-state index is -4.61. The van der Waals surface area contributed by atoms with E-state index in [2.05, 4.69) is 4.72 Å². The Hall–Kier alpha value is -1.88. The van der Waals surface area contributed by atoms with Gasteiger partial charge in [-0.3, -0.25) is 9.52 Å². The second kappa shape index (κ2) is 6.20. The zero-order chi connectivity index (χ0) is 18.3. The van der Waals surface area contributed by atoms with E-state index in [1.54, 1.807) is 0 Å². The van der Waals surface area contributed by atoms with Crippen molar-refractivity contribution < 1.29 is 31.5 Å². The number of rotatable bonds is 5. The van der Waals surface area contributed by atoms with Crippen molar-refractivity contribution in [3.8, 4) is 0 Å². The summed E-state index contributed by atoms with van der Waals surface area (Å²) in [6.07, 6.45) is 0.878. The van der Waals surface area contributed by atoms with Gasteiger partial charge in [-0.2, -0.15) is 13.2 Å². The van der Waals surface area contributed by atoms with Gasteiger partial charge in [0.05, 0.1) is 17.5 Å². The van der Waals surface area contributed by atoms with Crippen LogP contribution in [0.2, 0.25) is 0 Å². The minimum Gasteiger partial charge on any atom is -0.480 e. The molecule has 0 spiro atoms. The van der Waals surface area contributed by atoms with Crippen LogP contribution in [0.4, 0.5) is 18.9 Å². The maximum atomic E-state index is 12.9. The third-order valence-electron chi connectivity index (χ3n) is 3.10. The fourth-order valence-corrected chi connectivity index (χ4v) is 3.73. The zero-order valence-electron chi connectivity index (χ0n) is 12.5. The molecule has 2 rings (SSSR count). The lowest BCUT2D eigenvalue weighted by molar-refractivity contribution is -0.137. The zero-order valence-corrected chi connectivity index (χ0v) is 14.1. The topological polar surface area (TPSA) is 88.4 Å². The highest BCUT2D eigenvalue weighted by Gasteiger charge is 2.33. The smallest absolute Gasteiger partial charge is 0.446 e. The average molecular weight is 382 g/mol. The van der Waals surface area contributed by atoms with Crippen LogP contribution in [0.5, 0.6) is 0 Å². The number of benzene rings is 1. The molecule has 24 heavy (non-hydrogen) atoms. The highest BCUT2D eigenvalue weighted by atomic mass is 32.2. The number of anilines is 1. The quantitative estimate of drug-likeness (QED) is 0.776. The van der Waals surface area contributed by atoms with Crippen LogP contribution < -0.4 is 4.72 Å². The van der Waals surface area contributed by atoms with Gasteiger partial charge in [-0.15, -0.1) is 0 Å². The van der Waals surface area contributed by atoms with E-state index in [4.69, 9.17) is 5.11 Å². The lowest BCUT2D eigenvalue weighted by atomic mass is 10.2. The molecule has 0 atom stereocenters. The van der Waals surface area contributed by atoms with Gasteiger partial charge >= 0.3 is 11.5 Å². The molecule has 0 aliphatic carbocycles. The number of thioether (sulfide) groups is 1. The van der Waals surface area contributed by atoms with Crippen molar-refractivity contribution in [1.82, 2.24) is 4.57 Å². The summed E-state index contributed by atoms with van der Waals surface area (Å²) in [7, 11) is -3.72. The molecule has 2 N–H and O–H groups in total. The van der Waals surface area contributed by atoms with Gasteiger partial charge < -0.3 is 9.67 Å². The highest BCUT2D eigenvalue weighted by Crippen LogP contribution is 2.45. The lowest BCUT2D eigenvalue weighted by Crippen LogP contribution is -2.11. The molecule has 1 aromatic carbocycles. The third kappa shape index (κ3) is 4.15. The molecule has 1 aromatic heterocycles. The number of fused-ring (bicyclic) bond motifs is 1.